The van der Waals surface area contributed by atoms with Gasteiger partial charge in [-0.2, -0.15) is 4.98 Å². The Morgan fingerprint density at radius 3 is 2.59 bits per heavy atom. The van der Waals surface area contributed by atoms with E-state index in [1.807, 2.05) is 0 Å². The molecule has 0 unspecified atom stereocenters. The van der Waals surface area contributed by atoms with Crippen LogP contribution in [0, 0.1) is 29.8 Å². The second-order valence-electron chi connectivity index (χ2n) is 7.47. The summed E-state index contributed by atoms with van der Waals surface area (Å²) in [6.07, 6.45) is 7.70. The molecule has 5 rings (SSSR count). The molecule has 1 saturated heterocycles. The lowest BCUT2D eigenvalue weighted by Gasteiger charge is -2.34. The van der Waals surface area contributed by atoms with Crippen molar-refractivity contribution in [2.24, 2.45) is 0 Å². The topological polar surface area (TPSA) is 58.5 Å². The van der Waals surface area contributed by atoms with E-state index in [4.69, 9.17) is 11.2 Å². The third-order valence-electron chi connectivity index (χ3n) is 5.70. The largest absolute Gasteiger partial charge is 0.508 e. The van der Waals surface area contributed by atoms with Gasteiger partial charge >= 0.3 is 6.01 Å². The van der Waals surface area contributed by atoms with Gasteiger partial charge in [0.25, 0.3) is 0 Å². The summed E-state index contributed by atoms with van der Waals surface area (Å²) in [6, 6.07) is 5.00. The average molecular weight is 435 g/mol. The van der Waals surface area contributed by atoms with E-state index in [0.29, 0.717) is 18.5 Å². The van der Waals surface area contributed by atoms with Crippen molar-refractivity contribution in [2.45, 2.75) is 6.42 Å². The van der Waals surface area contributed by atoms with Crippen LogP contribution in [0.1, 0.15) is 12.0 Å². The molecule has 0 atom stereocenters. The van der Waals surface area contributed by atoms with E-state index in [2.05, 4.69) is 15.9 Å². The number of aromatic hydroxyl groups is 1. The first kappa shape index (κ1) is 19.9. The number of halogens is 3. The Labute approximate surface area is 181 Å². The molecule has 1 N–H and O–H groups in total. The number of hydrogen-bond donors (Lipinski definition) is 1. The maximum atomic E-state index is 16.0. The standard InChI is InChI=1S/C24H16F3N3O2/c1-3-14-17(25)6-5-12-9-13(31)10-15(18(12)14)19-20(26)22-16(11-28-24(29-22)32-2)23(21(19)27)30-7-4-8-30/h1,5-6,9-11,31H,4,7-8H2,2H3. The molecule has 1 aliphatic rings. The average Bonchev–Trinajstić information content (AvgIpc) is 2.75. The number of terminal acetylenes is 1. The number of benzene rings is 3. The maximum absolute atomic E-state index is 16.0. The van der Waals surface area contributed by atoms with E-state index in [1.54, 1.807) is 4.90 Å². The van der Waals surface area contributed by atoms with Gasteiger partial charge in [0.05, 0.1) is 23.9 Å². The Balaban J connectivity index is 1.97. The molecule has 4 aromatic rings. The molecule has 3 aromatic carbocycles. The molecule has 0 saturated carbocycles. The van der Waals surface area contributed by atoms with Crippen LogP contribution in [0.4, 0.5) is 18.9 Å². The van der Waals surface area contributed by atoms with Crippen molar-refractivity contribution < 1.29 is 23.0 Å². The second kappa shape index (κ2) is 7.31. The molecule has 0 aliphatic carbocycles. The Morgan fingerprint density at radius 2 is 1.94 bits per heavy atom. The summed E-state index contributed by atoms with van der Waals surface area (Å²) in [7, 11) is 1.34. The Kier molecular flexibility index (Phi) is 4.55. The van der Waals surface area contributed by atoms with E-state index < -0.39 is 23.0 Å². The van der Waals surface area contributed by atoms with E-state index in [-0.39, 0.29) is 44.9 Å². The van der Waals surface area contributed by atoms with E-state index >= 15 is 8.78 Å². The van der Waals surface area contributed by atoms with Gasteiger partial charge in [-0.3, -0.25) is 0 Å². The van der Waals surface area contributed by atoms with Gasteiger partial charge < -0.3 is 14.7 Å². The summed E-state index contributed by atoms with van der Waals surface area (Å²) >= 11 is 0. The fourth-order valence-electron chi connectivity index (χ4n) is 4.10. The molecule has 1 aromatic heterocycles. The van der Waals surface area contributed by atoms with Gasteiger partial charge in [0.1, 0.15) is 17.1 Å². The zero-order valence-electron chi connectivity index (χ0n) is 16.9. The normalized spacial score (nSPS) is 13.3. The van der Waals surface area contributed by atoms with Gasteiger partial charge in [-0.25, -0.2) is 18.2 Å². The third kappa shape index (κ3) is 2.82. The molecular weight excluding hydrogens is 419 g/mol. The number of phenolic OH excluding ortho intramolecular Hbond substituents is 1. The Hall–Kier alpha value is -3.99. The molecule has 0 radical (unpaired) electrons. The number of rotatable bonds is 3. The molecule has 1 aliphatic heterocycles. The van der Waals surface area contributed by atoms with E-state index in [0.717, 1.165) is 12.5 Å². The van der Waals surface area contributed by atoms with E-state index in [9.17, 15) is 9.50 Å². The van der Waals surface area contributed by atoms with E-state index in [1.165, 1.54) is 31.5 Å². The highest BCUT2D eigenvalue weighted by atomic mass is 19.1. The van der Waals surface area contributed by atoms with Crippen LogP contribution in [0.5, 0.6) is 11.8 Å². The number of anilines is 1. The van der Waals surface area contributed by atoms with Gasteiger partial charge in [-0.15, -0.1) is 6.42 Å². The van der Waals surface area contributed by atoms with Crippen LogP contribution in [0.3, 0.4) is 0 Å². The molecule has 32 heavy (non-hydrogen) atoms. The molecule has 160 valence electrons. The molecular formula is C24H16F3N3O2. The highest BCUT2D eigenvalue weighted by molar-refractivity contribution is 6.05. The number of phenols is 1. The number of methoxy groups -OCH3 is 1. The first-order valence-corrected chi connectivity index (χ1v) is 9.83. The quantitative estimate of drug-likeness (QED) is 0.470. The van der Waals surface area contributed by atoms with Gasteiger partial charge in [0.2, 0.25) is 0 Å². The highest BCUT2D eigenvalue weighted by Gasteiger charge is 2.30. The summed E-state index contributed by atoms with van der Waals surface area (Å²) in [5.74, 6) is -0.531. The lowest BCUT2D eigenvalue weighted by atomic mass is 9.91. The number of ether oxygens (including phenoxy) is 1. The predicted molar refractivity (Wildman–Crippen MR) is 115 cm³/mol. The number of aromatic nitrogens is 2. The number of nitrogens with zero attached hydrogens (tertiary/aromatic N) is 3. The Bertz CT molecular complexity index is 1460. The lowest BCUT2D eigenvalue weighted by Crippen LogP contribution is -2.38. The summed E-state index contributed by atoms with van der Waals surface area (Å²) in [4.78, 5) is 9.87. The van der Waals surface area contributed by atoms with Gasteiger partial charge in [0.15, 0.2) is 11.6 Å². The van der Waals surface area contributed by atoms with Crippen LogP contribution in [0.15, 0.2) is 30.5 Å². The van der Waals surface area contributed by atoms with Gasteiger partial charge in [0, 0.05) is 35.6 Å². The smallest absolute Gasteiger partial charge is 0.316 e. The van der Waals surface area contributed by atoms with Crippen LogP contribution in [0.25, 0.3) is 32.8 Å². The minimum atomic E-state index is -0.985. The number of hydrogen-bond acceptors (Lipinski definition) is 5. The first-order chi connectivity index (χ1) is 15.4. The zero-order valence-corrected chi connectivity index (χ0v) is 16.9. The summed E-state index contributed by atoms with van der Waals surface area (Å²) in [5, 5.41) is 10.9. The van der Waals surface area contributed by atoms with Crippen LogP contribution in [-0.4, -0.2) is 35.3 Å². The molecule has 0 spiro atoms. The predicted octanol–water partition coefficient (Wildman–Crippen LogP) is 4.77. The van der Waals surface area contributed by atoms with Crippen LogP contribution < -0.4 is 9.64 Å². The monoisotopic (exact) mass is 435 g/mol. The fraction of sp³-hybridized carbons (Fsp3) is 0.167. The van der Waals surface area contributed by atoms with Crippen molar-refractivity contribution in [1.29, 1.82) is 0 Å². The molecule has 0 bridgehead atoms. The van der Waals surface area contributed by atoms with Crippen LogP contribution in [0.2, 0.25) is 0 Å². The molecule has 0 amide bonds. The molecule has 8 heteroatoms. The zero-order chi connectivity index (χ0) is 22.6. The van der Waals surface area contributed by atoms with Crippen molar-refractivity contribution in [2.75, 3.05) is 25.1 Å². The minimum absolute atomic E-state index is 0.0660. The molecule has 1 fully saturated rings. The summed E-state index contributed by atoms with van der Waals surface area (Å²) in [6.45, 7) is 1.16. The maximum Gasteiger partial charge on any atom is 0.316 e. The lowest BCUT2D eigenvalue weighted by molar-refractivity contribution is 0.381. The van der Waals surface area contributed by atoms with Gasteiger partial charge in [-0.05, 0) is 30.0 Å². The van der Waals surface area contributed by atoms with Crippen LogP contribution >= 0.6 is 0 Å². The summed E-state index contributed by atoms with van der Waals surface area (Å²) in [5.41, 5.74) is -0.681. The van der Waals surface area contributed by atoms with Crippen molar-refractivity contribution in [3.05, 3.63) is 53.5 Å². The minimum Gasteiger partial charge on any atom is -0.508 e. The first-order valence-electron chi connectivity index (χ1n) is 9.83. The van der Waals surface area contributed by atoms with Crippen molar-refractivity contribution in [1.82, 2.24) is 9.97 Å². The highest BCUT2D eigenvalue weighted by Crippen LogP contribution is 2.44. The van der Waals surface area contributed by atoms with Crippen molar-refractivity contribution in [3.63, 3.8) is 0 Å². The molecule has 2 heterocycles. The van der Waals surface area contributed by atoms with Crippen LogP contribution in [-0.2, 0) is 0 Å². The number of fused-ring (bicyclic) bond motifs is 2. The van der Waals surface area contributed by atoms with Gasteiger partial charge in [-0.1, -0.05) is 12.0 Å². The summed E-state index contributed by atoms with van der Waals surface area (Å²) < 4.78 is 51.4. The Morgan fingerprint density at radius 1 is 1.16 bits per heavy atom. The van der Waals surface area contributed by atoms with Crippen molar-refractivity contribution >= 4 is 27.4 Å². The second-order valence-corrected chi connectivity index (χ2v) is 7.47. The van der Waals surface area contributed by atoms with Crippen molar-refractivity contribution in [3.8, 4) is 35.2 Å². The fourth-order valence-corrected chi connectivity index (χ4v) is 4.10. The SMILES string of the molecule is C#Cc1c(F)ccc2cc(O)cc(-c3c(F)c(N4CCC4)c4cnc(OC)nc4c3F)c12. The third-order valence-corrected chi connectivity index (χ3v) is 5.70. The molecule has 5 nitrogen and oxygen atoms in total.